The van der Waals surface area contributed by atoms with Gasteiger partial charge in [-0.3, -0.25) is 0 Å². The third-order valence-electron chi connectivity index (χ3n) is 2.50. The summed E-state index contributed by atoms with van der Waals surface area (Å²) < 4.78 is 27.5. The second-order valence-electron chi connectivity index (χ2n) is 3.79. The molecule has 0 fully saturated rings. The smallest absolute Gasteiger partial charge is 0.215 e. The minimum Gasteiger partial charge on any atom is -0.308 e. The second kappa shape index (κ2) is 4.93. The lowest BCUT2D eigenvalue weighted by molar-refractivity contribution is 0.490. The Kier molecular flexibility index (Phi) is 3.54. The van der Waals surface area contributed by atoms with Gasteiger partial charge in [0.25, 0.3) is 0 Å². The Morgan fingerprint density at radius 2 is 2.12 bits per heavy atom. The van der Waals surface area contributed by atoms with Crippen molar-refractivity contribution in [2.75, 3.05) is 0 Å². The van der Waals surface area contributed by atoms with E-state index in [4.69, 9.17) is 0 Å². The van der Waals surface area contributed by atoms with Crippen molar-refractivity contribution in [3.05, 3.63) is 39.3 Å². The molecule has 6 heteroatoms. The maximum absolute atomic E-state index is 13.6. The van der Waals surface area contributed by atoms with Crippen LogP contribution in [0.15, 0.2) is 12.1 Å². The van der Waals surface area contributed by atoms with E-state index >= 15 is 0 Å². The van der Waals surface area contributed by atoms with Crippen molar-refractivity contribution in [3.63, 3.8) is 0 Å². The van der Waals surface area contributed by atoms with E-state index in [0.717, 1.165) is 16.2 Å². The summed E-state index contributed by atoms with van der Waals surface area (Å²) in [6.07, 6.45) is 0. The first-order valence-corrected chi connectivity index (χ1v) is 6.02. The Balaban J connectivity index is 1.94. The van der Waals surface area contributed by atoms with Crippen LogP contribution < -0.4 is 5.32 Å². The van der Waals surface area contributed by atoms with Crippen molar-refractivity contribution in [1.29, 1.82) is 0 Å². The van der Waals surface area contributed by atoms with E-state index in [1.807, 2.05) is 0 Å². The number of rotatable bonds is 4. The number of aromatic nitrogens is 2. The van der Waals surface area contributed by atoms with Gasteiger partial charge < -0.3 is 5.32 Å². The van der Waals surface area contributed by atoms with E-state index in [1.165, 1.54) is 10.7 Å². The Morgan fingerprint density at radius 3 is 2.65 bits per heavy atom. The molecule has 0 bridgehead atoms. The number of nitrogens with one attached hydrogen (secondary N) is 1. The van der Waals surface area contributed by atoms with Gasteiger partial charge >= 0.3 is 0 Å². The average molecular weight is 257 g/mol. The van der Waals surface area contributed by atoms with Gasteiger partial charge in [0.15, 0.2) is 5.13 Å². The minimum atomic E-state index is -0.327. The molecule has 92 valence electrons. The molecule has 0 aliphatic carbocycles. The SMILES string of the molecule is Cc1nn(C)c(F)c1CNCc1ccc(F)s1. The van der Waals surface area contributed by atoms with Crippen molar-refractivity contribution < 1.29 is 8.78 Å². The van der Waals surface area contributed by atoms with Gasteiger partial charge in [-0.1, -0.05) is 0 Å². The highest BCUT2D eigenvalue weighted by Crippen LogP contribution is 2.15. The summed E-state index contributed by atoms with van der Waals surface area (Å²) in [5.41, 5.74) is 1.24. The molecule has 0 amide bonds. The zero-order valence-corrected chi connectivity index (χ0v) is 10.4. The molecule has 2 aromatic heterocycles. The zero-order valence-electron chi connectivity index (χ0n) is 9.63. The molecule has 3 nitrogen and oxygen atoms in total. The van der Waals surface area contributed by atoms with E-state index in [1.54, 1.807) is 20.0 Å². The van der Waals surface area contributed by atoms with Gasteiger partial charge in [-0.2, -0.15) is 13.9 Å². The number of hydrogen-bond donors (Lipinski definition) is 1. The third kappa shape index (κ3) is 2.70. The van der Waals surface area contributed by atoms with Crippen molar-refractivity contribution in [2.45, 2.75) is 20.0 Å². The summed E-state index contributed by atoms with van der Waals surface area (Å²) in [5, 5.41) is 6.86. The molecule has 0 radical (unpaired) electrons. The quantitative estimate of drug-likeness (QED) is 0.911. The fourth-order valence-electron chi connectivity index (χ4n) is 1.63. The van der Waals surface area contributed by atoms with Crippen LogP contribution in [0.4, 0.5) is 8.78 Å². The minimum absolute atomic E-state index is 0.203. The third-order valence-corrected chi connectivity index (χ3v) is 3.37. The van der Waals surface area contributed by atoms with E-state index in [2.05, 4.69) is 10.4 Å². The highest BCUT2D eigenvalue weighted by Gasteiger charge is 2.12. The van der Waals surface area contributed by atoms with Crippen LogP contribution in [0, 0.1) is 18.0 Å². The normalized spacial score (nSPS) is 11.1. The maximum atomic E-state index is 13.6. The summed E-state index contributed by atoms with van der Waals surface area (Å²) in [6.45, 7) is 2.69. The van der Waals surface area contributed by atoms with Crippen LogP contribution in [0.5, 0.6) is 0 Å². The van der Waals surface area contributed by atoms with Crippen LogP contribution in [0.2, 0.25) is 0 Å². The average Bonchev–Trinajstić information content (AvgIpc) is 2.78. The summed E-state index contributed by atoms with van der Waals surface area (Å²) in [7, 11) is 1.57. The molecule has 1 N–H and O–H groups in total. The lowest BCUT2D eigenvalue weighted by Crippen LogP contribution is -2.13. The fourth-order valence-corrected chi connectivity index (χ4v) is 2.33. The molecule has 0 unspecified atom stereocenters. The summed E-state index contributed by atoms with van der Waals surface area (Å²) in [6, 6.07) is 3.15. The summed E-state index contributed by atoms with van der Waals surface area (Å²) in [5.74, 6) is -0.327. The van der Waals surface area contributed by atoms with E-state index in [-0.39, 0.29) is 11.1 Å². The molecule has 0 saturated heterocycles. The monoisotopic (exact) mass is 257 g/mol. The molecule has 2 rings (SSSR count). The Hall–Kier alpha value is -1.27. The Bertz CT molecular complexity index is 519. The summed E-state index contributed by atoms with van der Waals surface area (Å²) in [4.78, 5) is 0.893. The number of nitrogens with zero attached hydrogens (tertiary/aromatic N) is 2. The molecule has 0 aromatic carbocycles. The molecular weight excluding hydrogens is 244 g/mol. The van der Waals surface area contributed by atoms with Crippen LogP contribution in [-0.4, -0.2) is 9.78 Å². The molecule has 2 aromatic rings. The standard InChI is InChI=1S/C11H13F2N3S/c1-7-9(11(13)16(2)15-7)6-14-5-8-3-4-10(12)17-8/h3-4,14H,5-6H2,1-2H3. The van der Waals surface area contributed by atoms with Gasteiger partial charge in [-0.25, -0.2) is 4.68 Å². The summed E-state index contributed by atoms with van der Waals surface area (Å²) >= 11 is 1.09. The fraction of sp³-hybridized carbons (Fsp3) is 0.364. The Labute approximate surface area is 102 Å². The van der Waals surface area contributed by atoms with Gasteiger partial charge in [-0.15, -0.1) is 11.3 Å². The van der Waals surface area contributed by atoms with E-state index in [9.17, 15) is 8.78 Å². The first kappa shape index (κ1) is 12.2. The zero-order chi connectivity index (χ0) is 12.4. The van der Waals surface area contributed by atoms with E-state index < -0.39 is 0 Å². The lowest BCUT2D eigenvalue weighted by atomic mass is 10.2. The molecule has 2 heterocycles. The van der Waals surface area contributed by atoms with Crippen LogP contribution in [0.25, 0.3) is 0 Å². The molecule has 0 saturated carbocycles. The van der Waals surface area contributed by atoms with Gasteiger partial charge in [0.05, 0.1) is 5.69 Å². The second-order valence-corrected chi connectivity index (χ2v) is 4.91. The van der Waals surface area contributed by atoms with Crippen molar-refractivity contribution in [2.24, 2.45) is 7.05 Å². The number of thiophene rings is 1. The van der Waals surface area contributed by atoms with Crippen molar-refractivity contribution in [1.82, 2.24) is 15.1 Å². The Morgan fingerprint density at radius 1 is 1.35 bits per heavy atom. The molecule has 0 atom stereocenters. The first-order chi connectivity index (χ1) is 8.08. The number of halogens is 2. The number of hydrogen-bond acceptors (Lipinski definition) is 3. The van der Waals surface area contributed by atoms with Gasteiger partial charge in [0.1, 0.15) is 0 Å². The van der Waals surface area contributed by atoms with Crippen LogP contribution in [-0.2, 0) is 20.1 Å². The topological polar surface area (TPSA) is 29.9 Å². The lowest BCUT2D eigenvalue weighted by Gasteiger charge is -2.02. The predicted octanol–water partition coefficient (Wildman–Crippen LogP) is 2.36. The van der Waals surface area contributed by atoms with Gasteiger partial charge in [0, 0.05) is 30.6 Å². The molecular formula is C11H13F2N3S. The van der Waals surface area contributed by atoms with Gasteiger partial charge in [-0.05, 0) is 19.1 Å². The highest BCUT2D eigenvalue weighted by molar-refractivity contribution is 7.10. The molecule has 17 heavy (non-hydrogen) atoms. The largest absolute Gasteiger partial charge is 0.308 e. The van der Waals surface area contributed by atoms with E-state index in [0.29, 0.717) is 24.3 Å². The van der Waals surface area contributed by atoms with Crippen LogP contribution in [0.1, 0.15) is 16.1 Å². The predicted molar refractivity (Wildman–Crippen MR) is 62.7 cm³/mol. The molecule has 0 spiro atoms. The maximum Gasteiger partial charge on any atom is 0.215 e. The van der Waals surface area contributed by atoms with Gasteiger partial charge in [0.2, 0.25) is 5.95 Å². The van der Waals surface area contributed by atoms with Crippen LogP contribution in [0.3, 0.4) is 0 Å². The first-order valence-electron chi connectivity index (χ1n) is 5.21. The van der Waals surface area contributed by atoms with Crippen molar-refractivity contribution in [3.8, 4) is 0 Å². The highest BCUT2D eigenvalue weighted by atomic mass is 32.1. The van der Waals surface area contributed by atoms with Crippen LogP contribution >= 0.6 is 11.3 Å². The molecule has 0 aliphatic rings. The number of aryl methyl sites for hydroxylation is 2. The van der Waals surface area contributed by atoms with Crippen molar-refractivity contribution >= 4 is 11.3 Å². The molecule has 0 aliphatic heterocycles.